The zero-order valence-corrected chi connectivity index (χ0v) is 11.1. The molecular weight excluding hydrogens is 238 g/mol. The van der Waals surface area contributed by atoms with E-state index in [0.29, 0.717) is 12.1 Å². The van der Waals surface area contributed by atoms with Gasteiger partial charge in [-0.05, 0) is 25.1 Å². The molecule has 4 nitrogen and oxygen atoms in total. The van der Waals surface area contributed by atoms with Crippen LogP contribution in [0.4, 0.5) is 11.4 Å². The van der Waals surface area contributed by atoms with Crippen LogP contribution in [-0.2, 0) is 0 Å². The van der Waals surface area contributed by atoms with Crippen molar-refractivity contribution in [3.8, 4) is 0 Å². The number of pyridine rings is 1. The van der Waals surface area contributed by atoms with Crippen molar-refractivity contribution in [3.05, 3.63) is 54.4 Å². The molecule has 0 spiro atoms. The van der Waals surface area contributed by atoms with E-state index in [2.05, 4.69) is 10.3 Å². The number of rotatable bonds is 4. The summed E-state index contributed by atoms with van der Waals surface area (Å²) in [4.78, 5) is 18.4. The van der Waals surface area contributed by atoms with Gasteiger partial charge in [-0.3, -0.25) is 9.78 Å². The molecule has 98 valence electrons. The van der Waals surface area contributed by atoms with Gasteiger partial charge >= 0.3 is 0 Å². The first-order valence-electron chi connectivity index (χ1n) is 6.26. The number of amides is 1. The van der Waals surface area contributed by atoms with Crippen molar-refractivity contribution in [2.75, 3.05) is 23.8 Å². The van der Waals surface area contributed by atoms with Gasteiger partial charge in [0, 0.05) is 37.4 Å². The van der Waals surface area contributed by atoms with E-state index >= 15 is 0 Å². The first-order chi connectivity index (χ1) is 9.27. The maximum atomic E-state index is 12.6. The van der Waals surface area contributed by atoms with E-state index in [1.165, 1.54) is 0 Å². The lowest BCUT2D eigenvalue weighted by molar-refractivity contribution is 0.0989. The fourth-order valence-electron chi connectivity index (χ4n) is 1.98. The van der Waals surface area contributed by atoms with Gasteiger partial charge in [-0.2, -0.15) is 0 Å². The van der Waals surface area contributed by atoms with Crippen molar-refractivity contribution >= 4 is 17.3 Å². The van der Waals surface area contributed by atoms with Gasteiger partial charge in [0.15, 0.2) is 0 Å². The topological polar surface area (TPSA) is 45.2 Å². The van der Waals surface area contributed by atoms with Crippen molar-refractivity contribution in [2.45, 2.75) is 6.92 Å². The number of carbonyl (C=O) groups excluding carboxylic acids is 1. The summed E-state index contributed by atoms with van der Waals surface area (Å²) >= 11 is 0. The highest BCUT2D eigenvalue weighted by Crippen LogP contribution is 2.20. The number of nitrogens with one attached hydrogen (secondary N) is 1. The van der Waals surface area contributed by atoms with E-state index in [4.69, 9.17) is 0 Å². The number of para-hydroxylation sites is 1. The first-order valence-corrected chi connectivity index (χ1v) is 6.26. The van der Waals surface area contributed by atoms with Gasteiger partial charge < -0.3 is 10.2 Å². The number of aromatic nitrogens is 1. The molecule has 1 heterocycles. The number of carbonyl (C=O) groups is 1. The summed E-state index contributed by atoms with van der Waals surface area (Å²) < 4.78 is 0. The zero-order chi connectivity index (χ0) is 13.7. The van der Waals surface area contributed by atoms with Gasteiger partial charge in [0.25, 0.3) is 5.91 Å². The van der Waals surface area contributed by atoms with E-state index in [-0.39, 0.29) is 5.91 Å². The molecule has 0 radical (unpaired) electrons. The molecule has 0 aliphatic carbocycles. The lowest BCUT2D eigenvalue weighted by Crippen LogP contribution is -2.31. The average molecular weight is 255 g/mol. The molecule has 2 aromatic rings. The van der Waals surface area contributed by atoms with Crippen LogP contribution in [-0.4, -0.2) is 24.5 Å². The Kier molecular flexibility index (Phi) is 4.13. The van der Waals surface area contributed by atoms with Crippen molar-refractivity contribution in [3.63, 3.8) is 0 Å². The van der Waals surface area contributed by atoms with Crippen LogP contribution in [0.2, 0.25) is 0 Å². The fraction of sp³-hybridized carbons (Fsp3) is 0.200. The minimum Gasteiger partial charge on any atom is -0.387 e. The van der Waals surface area contributed by atoms with Crippen molar-refractivity contribution < 1.29 is 4.79 Å². The Morgan fingerprint density at radius 3 is 2.63 bits per heavy atom. The van der Waals surface area contributed by atoms with Gasteiger partial charge in [0.05, 0.1) is 5.56 Å². The predicted octanol–water partition coefficient (Wildman–Crippen LogP) is 2.79. The second-order valence-electron chi connectivity index (χ2n) is 4.06. The van der Waals surface area contributed by atoms with Crippen LogP contribution in [0.1, 0.15) is 17.3 Å². The molecule has 19 heavy (non-hydrogen) atoms. The maximum absolute atomic E-state index is 12.6. The van der Waals surface area contributed by atoms with E-state index in [1.807, 2.05) is 37.3 Å². The van der Waals surface area contributed by atoms with E-state index in [0.717, 1.165) is 11.4 Å². The molecule has 0 saturated carbocycles. The molecule has 0 fully saturated rings. The van der Waals surface area contributed by atoms with Crippen molar-refractivity contribution in [1.82, 2.24) is 4.98 Å². The average Bonchev–Trinajstić information content (AvgIpc) is 2.49. The quantitative estimate of drug-likeness (QED) is 0.913. The third kappa shape index (κ3) is 2.73. The third-order valence-electron chi connectivity index (χ3n) is 2.95. The number of hydrogen-bond donors (Lipinski definition) is 1. The summed E-state index contributed by atoms with van der Waals surface area (Å²) in [6, 6.07) is 11.4. The van der Waals surface area contributed by atoms with Crippen molar-refractivity contribution in [1.29, 1.82) is 0 Å². The van der Waals surface area contributed by atoms with Gasteiger partial charge in [-0.25, -0.2) is 0 Å². The van der Waals surface area contributed by atoms with E-state index < -0.39 is 0 Å². The van der Waals surface area contributed by atoms with Crippen LogP contribution in [0.25, 0.3) is 0 Å². The fourth-order valence-corrected chi connectivity index (χ4v) is 1.98. The summed E-state index contributed by atoms with van der Waals surface area (Å²) in [5.41, 5.74) is 2.26. The standard InChI is InChI=1S/C15H17N3O/c1-3-18(12-7-5-4-6-8-12)15(19)13-11-17-10-9-14(13)16-2/h4-11H,3H2,1-2H3,(H,16,17). The molecule has 0 bridgehead atoms. The monoisotopic (exact) mass is 255 g/mol. The Morgan fingerprint density at radius 1 is 1.26 bits per heavy atom. The second-order valence-corrected chi connectivity index (χ2v) is 4.06. The zero-order valence-electron chi connectivity index (χ0n) is 11.1. The van der Waals surface area contributed by atoms with Crippen LogP contribution in [0.3, 0.4) is 0 Å². The smallest absolute Gasteiger partial charge is 0.261 e. The molecular formula is C15H17N3O. The molecule has 1 aromatic carbocycles. The van der Waals surface area contributed by atoms with Crippen LogP contribution >= 0.6 is 0 Å². The molecule has 2 rings (SSSR count). The summed E-state index contributed by atoms with van der Waals surface area (Å²) in [6.07, 6.45) is 3.27. The highest BCUT2D eigenvalue weighted by Gasteiger charge is 2.18. The van der Waals surface area contributed by atoms with E-state index in [1.54, 1.807) is 30.4 Å². The molecule has 0 saturated heterocycles. The minimum absolute atomic E-state index is 0.0499. The second kappa shape index (κ2) is 6.00. The van der Waals surface area contributed by atoms with Gasteiger partial charge in [-0.15, -0.1) is 0 Å². The highest BCUT2D eigenvalue weighted by atomic mass is 16.2. The Morgan fingerprint density at radius 2 is 2.00 bits per heavy atom. The van der Waals surface area contributed by atoms with Crippen LogP contribution in [0, 0.1) is 0 Å². The molecule has 4 heteroatoms. The van der Waals surface area contributed by atoms with Gasteiger partial charge in [-0.1, -0.05) is 18.2 Å². The SMILES string of the molecule is CCN(C(=O)c1cnccc1NC)c1ccccc1. The highest BCUT2D eigenvalue weighted by molar-refractivity contribution is 6.09. The van der Waals surface area contributed by atoms with E-state index in [9.17, 15) is 4.79 Å². The number of hydrogen-bond acceptors (Lipinski definition) is 3. The Balaban J connectivity index is 2.36. The molecule has 0 aliphatic heterocycles. The summed E-state index contributed by atoms with van der Waals surface area (Å²) in [5, 5.41) is 3.02. The molecule has 0 atom stereocenters. The van der Waals surface area contributed by atoms with Crippen LogP contribution in [0.15, 0.2) is 48.8 Å². The first kappa shape index (κ1) is 13.1. The largest absolute Gasteiger partial charge is 0.387 e. The van der Waals surface area contributed by atoms with Crippen LogP contribution in [0.5, 0.6) is 0 Å². The third-order valence-corrected chi connectivity index (χ3v) is 2.95. The molecule has 0 aliphatic rings. The van der Waals surface area contributed by atoms with Gasteiger partial charge in [0.2, 0.25) is 0 Å². The van der Waals surface area contributed by atoms with Crippen molar-refractivity contribution in [2.24, 2.45) is 0 Å². The number of benzene rings is 1. The summed E-state index contributed by atoms with van der Waals surface area (Å²) in [7, 11) is 1.80. The molecule has 1 N–H and O–H groups in total. The molecule has 1 aromatic heterocycles. The normalized spacial score (nSPS) is 10.0. The minimum atomic E-state index is -0.0499. The van der Waals surface area contributed by atoms with Gasteiger partial charge in [0.1, 0.15) is 0 Å². The predicted molar refractivity (Wildman–Crippen MR) is 77.6 cm³/mol. The Labute approximate surface area is 113 Å². The maximum Gasteiger partial charge on any atom is 0.261 e. The Hall–Kier alpha value is -2.36. The molecule has 0 unspecified atom stereocenters. The summed E-state index contributed by atoms with van der Waals surface area (Å²) in [5.74, 6) is -0.0499. The molecule has 1 amide bonds. The number of nitrogens with zero attached hydrogens (tertiary/aromatic N) is 2. The van der Waals surface area contributed by atoms with Crippen LogP contribution < -0.4 is 10.2 Å². The summed E-state index contributed by atoms with van der Waals surface area (Å²) in [6.45, 7) is 2.57. The lowest BCUT2D eigenvalue weighted by atomic mass is 10.2. The number of anilines is 2. The Bertz CT molecular complexity index is 554. The lowest BCUT2D eigenvalue weighted by Gasteiger charge is -2.22.